The summed E-state index contributed by atoms with van der Waals surface area (Å²) < 4.78 is 186. The van der Waals surface area contributed by atoms with Gasteiger partial charge in [-0.05, 0) is 0 Å². The van der Waals surface area contributed by atoms with Gasteiger partial charge in [0.1, 0.15) is 0 Å². The summed E-state index contributed by atoms with van der Waals surface area (Å²) in [4.78, 5) is 22.5. The van der Waals surface area contributed by atoms with Crippen LogP contribution in [0.1, 0.15) is 0 Å². The summed E-state index contributed by atoms with van der Waals surface area (Å²) in [6.07, 6.45) is -19.5. The summed E-state index contributed by atoms with van der Waals surface area (Å²) in [6.45, 7) is -1.62. The Bertz CT molecular complexity index is 659. The average molecular weight is 510 g/mol. The monoisotopic (exact) mass is 510 g/mol. The van der Waals surface area contributed by atoms with Crippen LogP contribution in [0.15, 0.2) is 0 Å². The number of alkyl halides is 14. The number of carbonyl (C=O) groups is 2. The van der Waals surface area contributed by atoms with E-state index in [9.17, 15) is 71.1 Å². The van der Waals surface area contributed by atoms with E-state index in [0.717, 1.165) is 0 Å². The average Bonchev–Trinajstić information content (AvgIpc) is 2.60. The van der Waals surface area contributed by atoms with Crippen LogP contribution in [0.2, 0.25) is 0 Å². The molecule has 6 nitrogen and oxygen atoms in total. The maximum absolute atomic E-state index is 13.3. The predicted octanol–water partition coefficient (Wildman–Crippen LogP) is 2.58. The van der Waals surface area contributed by atoms with Gasteiger partial charge >= 0.3 is 36.0 Å². The fourth-order valence-corrected chi connectivity index (χ4v) is 1.84. The topological polar surface area (TPSA) is 76.7 Å². The number of ether oxygens (including phenoxy) is 2. The number of carbonyl (C=O) groups excluding carboxylic acids is 2. The molecule has 1 aliphatic rings. The Morgan fingerprint density at radius 3 is 1.03 bits per heavy atom. The molecular formula is C12H8F14N2O4. The van der Waals surface area contributed by atoms with Crippen LogP contribution < -0.4 is 10.6 Å². The lowest BCUT2D eigenvalue weighted by Gasteiger charge is -2.35. The number of hydrogen-bond donors (Lipinski definition) is 2. The molecule has 1 rings (SSSR count). The Morgan fingerprint density at radius 1 is 0.562 bits per heavy atom. The van der Waals surface area contributed by atoms with E-state index in [1.165, 1.54) is 0 Å². The van der Waals surface area contributed by atoms with Crippen LogP contribution in [0.5, 0.6) is 0 Å². The minimum Gasteiger partial charge on any atom is -0.351 e. The Hall–Kier alpha value is -2.12. The SMILES string of the molecule is O=C(N[C@@H]1OCCO[C@@H]1NC(=O)C(F)(F)C(F)(F)C(F)(F)F)C(F)(F)C(F)(F)C(F)(F)F. The summed E-state index contributed by atoms with van der Waals surface area (Å²) in [7, 11) is 0. The zero-order valence-electron chi connectivity index (χ0n) is 14.5. The standard InChI is InChI=1S/C12H8F14N2O4/c13-7(14,9(17,18)11(21,22)23)5(29)27-3-4(32-2-1-31-3)28-6(30)8(15,16)10(19,20)12(24,25)26/h3-4H,1-2H2,(H,27,29)(H,28,30)/t3-,4+. The number of hydrogen-bond acceptors (Lipinski definition) is 4. The van der Waals surface area contributed by atoms with E-state index >= 15 is 0 Å². The van der Waals surface area contributed by atoms with Gasteiger partial charge in [0, 0.05) is 0 Å². The lowest BCUT2D eigenvalue weighted by molar-refractivity contribution is -0.345. The quantitative estimate of drug-likeness (QED) is 0.539. The molecule has 0 bridgehead atoms. The molecule has 32 heavy (non-hydrogen) atoms. The van der Waals surface area contributed by atoms with Crippen molar-refractivity contribution in [3.8, 4) is 0 Å². The van der Waals surface area contributed by atoms with E-state index in [-0.39, 0.29) is 0 Å². The Kier molecular flexibility index (Phi) is 7.28. The van der Waals surface area contributed by atoms with Gasteiger partial charge in [-0.2, -0.15) is 61.5 Å². The van der Waals surface area contributed by atoms with Crippen LogP contribution in [0, 0.1) is 0 Å². The molecule has 1 aliphatic heterocycles. The van der Waals surface area contributed by atoms with Gasteiger partial charge in [-0.1, -0.05) is 0 Å². The largest absolute Gasteiger partial charge is 0.460 e. The number of nitrogens with one attached hydrogen (secondary N) is 2. The van der Waals surface area contributed by atoms with Crippen LogP contribution in [0.25, 0.3) is 0 Å². The molecule has 0 unspecified atom stereocenters. The third-order valence-corrected chi connectivity index (χ3v) is 3.57. The molecule has 188 valence electrons. The second-order valence-electron chi connectivity index (χ2n) is 5.82. The van der Waals surface area contributed by atoms with Crippen molar-refractivity contribution in [3.63, 3.8) is 0 Å². The minimum atomic E-state index is -6.97. The summed E-state index contributed by atoms with van der Waals surface area (Å²) in [6, 6.07) is 0. The van der Waals surface area contributed by atoms with Gasteiger partial charge in [0.2, 0.25) is 0 Å². The van der Waals surface area contributed by atoms with E-state index in [0.29, 0.717) is 10.6 Å². The summed E-state index contributed by atoms with van der Waals surface area (Å²) in [5.74, 6) is -33.9. The maximum Gasteiger partial charge on any atom is 0.460 e. The highest BCUT2D eigenvalue weighted by atomic mass is 19.4. The Morgan fingerprint density at radius 2 is 0.812 bits per heavy atom. The molecule has 1 heterocycles. The minimum absolute atomic E-state index is 0.628. The van der Waals surface area contributed by atoms with Gasteiger partial charge in [-0.25, -0.2) is 0 Å². The number of rotatable bonds is 6. The van der Waals surface area contributed by atoms with Crippen LogP contribution in [0.3, 0.4) is 0 Å². The number of amides is 2. The normalized spacial score (nSPS) is 21.8. The van der Waals surface area contributed by atoms with Crippen molar-refractivity contribution in [2.75, 3.05) is 13.2 Å². The molecule has 2 N–H and O–H groups in total. The molecule has 2 amide bonds. The molecule has 0 aromatic heterocycles. The van der Waals surface area contributed by atoms with Gasteiger partial charge < -0.3 is 20.1 Å². The highest BCUT2D eigenvalue weighted by molar-refractivity contribution is 5.86. The number of halogens is 14. The second kappa shape index (κ2) is 8.34. The van der Waals surface area contributed by atoms with Gasteiger partial charge in [0.15, 0.2) is 12.5 Å². The predicted molar refractivity (Wildman–Crippen MR) is 67.7 cm³/mol. The van der Waals surface area contributed by atoms with Gasteiger partial charge in [-0.3, -0.25) is 9.59 Å². The molecule has 1 fully saturated rings. The first-order chi connectivity index (χ1) is 14.0. The fourth-order valence-electron chi connectivity index (χ4n) is 1.84. The molecule has 0 spiro atoms. The molecule has 1 saturated heterocycles. The molecular weight excluding hydrogens is 502 g/mol. The van der Waals surface area contributed by atoms with Crippen molar-refractivity contribution < 1.29 is 80.5 Å². The fraction of sp³-hybridized carbons (Fsp3) is 0.833. The maximum atomic E-state index is 13.3. The van der Waals surface area contributed by atoms with Crippen LogP contribution in [0.4, 0.5) is 61.5 Å². The van der Waals surface area contributed by atoms with Crippen molar-refractivity contribution in [2.45, 2.75) is 48.5 Å². The summed E-state index contributed by atoms with van der Waals surface area (Å²) in [5, 5.41) is 1.26. The molecule has 0 radical (unpaired) electrons. The second-order valence-corrected chi connectivity index (χ2v) is 5.82. The van der Waals surface area contributed by atoms with Crippen molar-refractivity contribution in [2.24, 2.45) is 0 Å². The zero-order chi connectivity index (χ0) is 25.6. The van der Waals surface area contributed by atoms with Gasteiger partial charge in [-0.15, -0.1) is 0 Å². The summed E-state index contributed by atoms with van der Waals surface area (Å²) >= 11 is 0. The van der Waals surface area contributed by atoms with E-state index in [1.807, 2.05) is 0 Å². The first kappa shape index (κ1) is 27.9. The van der Waals surface area contributed by atoms with E-state index in [1.54, 1.807) is 0 Å². The third-order valence-electron chi connectivity index (χ3n) is 3.57. The Balaban J connectivity index is 3.07. The van der Waals surface area contributed by atoms with Gasteiger partial charge in [0.05, 0.1) is 13.2 Å². The smallest absolute Gasteiger partial charge is 0.351 e. The zero-order valence-corrected chi connectivity index (χ0v) is 14.5. The molecule has 0 aromatic rings. The van der Waals surface area contributed by atoms with E-state index < -0.39 is 73.5 Å². The molecule has 0 aliphatic carbocycles. The highest BCUT2D eigenvalue weighted by Gasteiger charge is 2.77. The van der Waals surface area contributed by atoms with Crippen LogP contribution >= 0.6 is 0 Å². The molecule has 0 aromatic carbocycles. The summed E-state index contributed by atoms with van der Waals surface area (Å²) in [5.41, 5.74) is 0. The first-order valence-electron chi connectivity index (χ1n) is 7.51. The lowest BCUT2D eigenvalue weighted by atomic mass is 10.1. The lowest BCUT2D eigenvalue weighted by Crippen LogP contribution is -2.66. The highest BCUT2D eigenvalue weighted by Crippen LogP contribution is 2.47. The van der Waals surface area contributed by atoms with Crippen LogP contribution in [-0.4, -0.2) is 73.5 Å². The molecule has 2 atom stereocenters. The van der Waals surface area contributed by atoms with E-state index in [2.05, 4.69) is 9.47 Å². The van der Waals surface area contributed by atoms with Crippen molar-refractivity contribution in [3.05, 3.63) is 0 Å². The molecule has 0 saturated carbocycles. The van der Waals surface area contributed by atoms with Crippen molar-refractivity contribution in [1.29, 1.82) is 0 Å². The van der Waals surface area contributed by atoms with Gasteiger partial charge in [0.25, 0.3) is 11.8 Å². The molecule has 20 heteroatoms. The first-order valence-corrected chi connectivity index (χ1v) is 7.51. The van der Waals surface area contributed by atoms with Crippen molar-refractivity contribution >= 4 is 11.8 Å². The Labute approximate surface area is 166 Å². The van der Waals surface area contributed by atoms with Crippen LogP contribution in [-0.2, 0) is 19.1 Å². The third kappa shape index (κ3) is 4.79. The van der Waals surface area contributed by atoms with E-state index in [4.69, 9.17) is 0 Å². The van der Waals surface area contributed by atoms with Crippen molar-refractivity contribution in [1.82, 2.24) is 10.6 Å².